The molecule has 0 saturated heterocycles. The number of aromatic nitrogens is 2. The molecule has 0 fully saturated rings. The van der Waals surface area contributed by atoms with Crippen LogP contribution in [0.2, 0.25) is 0 Å². The van der Waals surface area contributed by atoms with Gasteiger partial charge < -0.3 is 5.32 Å². The third-order valence-corrected chi connectivity index (χ3v) is 4.83. The molecular weight excluding hydrogens is 314 g/mol. The smallest absolute Gasteiger partial charge is 0.0738 e. The molecule has 2 aromatic rings. The lowest BCUT2D eigenvalue weighted by Gasteiger charge is -2.17. The summed E-state index contributed by atoms with van der Waals surface area (Å²) >= 11 is 3.64. The third kappa shape index (κ3) is 3.13. The van der Waals surface area contributed by atoms with Crippen molar-refractivity contribution in [3.8, 4) is 0 Å². The van der Waals surface area contributed by atoms with Crippen molar-refractivity contribution in [2.75, 3.05) is 7.05 Å². The van der Waals surface area contributed by atoms with Crippen molar-refractivity contribution in [3.63, 3.8) is 0 Å². The number of halogens is 1. The Bertz CT molecular complexity index is 572. The highest BCUT2D eigenvalue weighted by molar-refractivity contribution is 9.10. The highest BCUT2D eigenvalue weighted by atomic mass is 79.9. The van der Waals surface area contributed by atoms with Crippen LogP contribution >= 0.6 is 15.9 Å². The Balaban J connectivity index is 2.23. The predicted molar refractivity (Wildman–Crippen MR) is 87.0 cm³/mol. The largest absolute Gasteiger partial charge is 0.313 e. The summed E-state index contributed by atoms with van der Waals surface area (Å²) in [5.41, 5.74) is 4.96. The number of hydrogen-bond donors (Lipinski definition) is 1. The number of aryl methyl sites for hydroxylation is 3. The molecule has 20 heavy (non-hydrogen) atoms. The van der Waals surface area contributed by atoms with Crippen LogP contribution in [0.4, 0.5) is 0 Å². The number of rotatable bonds is 5. The fourth-order valence-electron chi connectivity index (χ4n) is 2.47. The van der Waals surface area contributed by atoms with Gasteiger partial charge in [0.25, 0.3) is 0 Å². The molecule has 0 aliphatic carbocycles. The van der Waals surface area contributed by atoms with Gasteiger partial charge in [0.05, 0.1) is 15.9 Å². The minimum Gasteiger partial charge on any atom is -0.313 e. The number of benzene rings is 1. The van der Waals surface area contributed by atoms with Crippen molar-refractivity contribution < 1.29 is 0 Å². The summed E-state index contributed by atoms with van der Waals surface area (Å²) in [5, 5.41) is 7.87. The molecule has 1 unspecified atom stereocenters. The molecular formula is C16H22BrN3. The van der Waals surface area contributed by atoms with Crippen LogP contribution in [-0.2, 0) is 19.9 Å². The molecule has 0 aliphatic heterocycles. The second kappa shape index (κ2) is 6.55. The number of hydrogen-bond acceptors (Lipinski definition) is 2. The molecule has 0 radical (unpaired) electrons. The van der Waals surface area contributed by atoms with Gasteiger partial charge >= 0.3 is 0 Å². The molecule has 1 N–H and O–H groups in total. The molecule has 0 aliphatic rings. The Morgan fingerprint density at radius 2 is 1.95 bits per heavy atom. The van der Waals surface area contributed by atoms with Crippen molar-refractivity contribution in [3.05, 3.63) is 51.3 Å². The molecule has 1 aromatic heterocycles. The van der Waals surface area contributed by atoms with Crippen molar-refractivity contribution >= 4 is 15.9 Å². The lowest BCUT2D eigenvalue weighted by Crippen LogP contribution is -2.20. The van der Waals surface area contributed by atoms with E-state index in [-0.39, 0.29) is 0 Å². The lowest BCUT2D eigenvalue weighted by molar-refractivity contribution is 0.560. The standard InChI is InChI=1S/C16H22BrN3/c1-5-12-6-8-13(9-7-12)14(18-3)10-15-16(17)11(2)19-20(15)4/h6-9,14,18H,5,10H2,1-4H3. The first-order valence-corrected chi connectivity index (χ1v) is 7.80. The summed E-state index contributed by atoms with van der Waals surface area (Å²) in [7, 11) is 4.01. The minimum atomic E-state index is 0.298. The molecule has 1 aromatic carbocycles. The van der Waals surface area contributed by atoms with E-state index < -0.39 is 0 Å². The van der Waals surface area contributed by atoms with Gasteiger partial charge in [0.2, 0.25) is 0 Å². The van der Waals surface area contributed by atoms with E-state index in [2.05, 4.69) is 57.5 Å². The van der Waals surface area contributed by atoms with E-state index in [0.717, 1.165) is 23.0 Å². The monoisotopic (exact) mass is 335 g/mol. The molecule has 4 heteroatoms. The van der Waals surface area contributed by atoms with Gasteiger partial charge in [-0.25, -0.2) is 0 Å². The molecule has 3 nitrogen and oxygen atoms in total. The van der Waals surface area contributed by atoms with Crippen LogP contribution in [0.5, 0.6) is 0 Å². The molecule has 0 spiro atoms. The van der Waals surface area contributed by atoms with Gasteiger partial charge in [-0.2, -0.15) is 5.10 Å². The normalized spacial score (nSPS) is 12.7. The molecule has 0 amide bonds. The first-order valence-electron chi connectivity index (χ1n) is 7.00. The molecule has 1 atom stereocenters. The maximum absolute atomic E-state index is 4.46. The van der Waals surface area contributed by atoms with Gasteiger partial charge in [-0.15, -0.1) is 0 Å². The molecule has 2 rings (SSSR count). The summed E-state index contributed by atoms with van der Waals surface area (Å²) in [6.45, 7) is 4.21. The number of likely N-dealkylation sites (N-methyl/N-ethyl adjacent to an activating group) is 1. The van der Waals surface area contributed by atoms with Gasteiger partial charge in [-0.05, 0) is 47.4 Å². The summed E-state index contributed by atoms with van der Waals surface area (Å²) < 4.78 is 3.08. The molecule has 0 bridgehead atoms. The zero-order chi connectivity index (χ0) is 14.7. The Labute approximate surface area is 129 Å². The van der Waals surface area contributed by atoms with Crippen LogP contribution < -0.4 is 5.32 Å². The van der Waals surface area contributed by atoms with Crippen molar-refractivity contribution in [2.45, 2.75) is 32.7 Å². The van der Waals surface area contributed by atoms with Crippen LogP contribution in [0, 0.1) is 6.92 Å². The van der Waals surface area contributed by atoms with Gasteiger partial charge in [0, 0.05) is 19.5 Å². The fourth-order valence-corrected chi connectivity index (χ4v) is 2.97. The second-order valence-electron chi connectivity index (χ2n) is 5.11. The SMILES string of the molecule is CCc1ccc(C(Cc2c(Br)c(C)nn2C)NC)cc1. The molecule has 108 valence electrons. The van der Waals surface area contributed by atoms with Crippen molar-refractivity contribution in [1.82, 2.24) is 15.1 Å². The Kier molecular flexibility index (Phi) is 5.00. The summed E-state index contributed by atoms with van der Waals surface area (Å²) in [6, 6.07) is 9.16. The van der Waals surface area contributed by atoms with Crippen LogP contribution in [0.1, 0.15) is 35.5 Å². The van der Waals surface area contributed by atoms with Crippen LogP contribution in [-0.4, -0.2) is 16.8 Å². The highest BCUT2D eigenvalue weighted by Crippen LogP contribution is 2.26. The second-order valence-corrected chi connectivity index (χ2v) is 5.90. The van der Waals surface area contributed by atoms with E-state index in [0.29, 0.717) is 6.04 Å². The topological polar surface area (TPSA) is 29.9 Å². The van der Waals surface area contributed by atoms with E-state index in [1.165, 1.54) is 16.8 Å². The van der Waals surface area contributed by atoms with Gasteiger partial charge in [-0.3, -0.25) is 4.68 Å². The Morgan fingerprint density at radius 3 is 2.40 bits per heavy atom. The fraction of sp³-hybridized carbons (Fsp3) is 0.438. The number of nitrogens with one attached hydrogen (secondary N) is 1. The van der Waals surface area contributed by atoms with Gasteiger partial charge in [-0.1, -0.05) is 31.2 Å². The highest BCUT2D eigenvalue weighted by Gasteiger charge is 2.17. The average Bonchev–Trinajstić information content (AvgIpc) is 2.70. The maximum Gasteiger partial charge on any atom is 0.0738 e. The van der Waals surface area contributed by atoms with Crippen LogP contribution in [0.25, 0.3) is 0 Å². The minimum absolute atomic E-state index is 0.298. The maximum atomic E-state index is 4.46. The molecule has 0 saturated carbocycles. The van der Waals surface area contributed by atoms with E-state index in [4.69, 9.17) is 0 Å². The van der Waals surface area contributed by atoms with Crippen molar-refractivity contribution in [1.29, 1.82) is 0 Å². The van der Waals surface area contributed by atoms with Crippen molar-refractivity contribution in [2.24, 2.45) is 7.05 Å². The van der Waals surface area contributed by atoms with E-state index in [1.54, 1.807) is 0 Å². The average molecular weight is 336 g/mol. The third-order valence-electron chi connectivity index (χ3n) is 3.80. The summed E-state index contributed by atoms with van der Waals surface area (Å²) in [4.78, 5) is 0. The van der Waals surface area contributed by atoms with Crippen LogP contribution in [0.3, 0.4) is 0 Å². The Morgan fingerprint density at radius 1 is 1.30 bits per heavy atom. The number of nitrogens with zero attached hydrogens (tertiary/aromatic N) is 2. The predicted octanol–water partition coefficient (Wildman–Crippen LogP) is 3.56. The van der Waals surface area contributed by atoms with E-state index in [9.17, 15) is 0 Å². The summed E-state index contributed by atoms with van der Waals surface area (Å²) in [6.07, 6.45) is 2.00. The van der Waals surface area contributed by atoms with E-state index in [1.807, 2.05) is 25.7 Å². The zero-order valence-corrected chi connectivity index (χ0v) is 14.2. The Hall–Kier alpha value is -1.13. The summed E-state index contributed by atoms with van der Waals surface area (Å²) in [5.74, 6) is 0. The van der Waals surface area contributed by atoms with E-state index >= 15 is 0 Å². The molecule has 1 heterocycles. The zero-order valence-electron chi connectivity index (χ0n) is 12.6. The first-order chi connectivity index (χ1) is 9.56. The van der Waals surface area contributed by atoms with Gasteiger partial charge in [0.1, 0.15) is 0 Å². The lowest BCUT2D eigenvalue weighted by atomic mass is 10.00. The van der Waals surface area contributed by atoms with Gasteiger partial charge in [0.15, 0.2) is 0 Å². The quantitative estimate of drug-likeness (QED) is 0.905. The van der Waals surface area contributed by atoms with Crippen LogP contribution in [0.15, 0.2) is 28.7 Å². The first kappa shape index (κ1) is 15.3.